The molecule has 1 atom stereocenters. The second kappa shape index (κ2) is 6.76. The number of nitrogens with zero attached hydrogens (tertiary/aromatic N) is 1. The van der Waals surface area contributed by atoms with Crippen molar-refractivity contribution in [3.63, 3.8) is 0 Å². The van der Waals surface area contributed by atoms with Crippen molar-refractivity contribution in [2.45, 2.75) is 25.9 Å². The molecule has 0 radical (unpaired) electrons. The SMILES string of the molecule is COc1cc(C(Cc2ccc(C)nc2)P(C)(C)=O)cc(C)c1O. The van der Waals surface area contributed by atoms with Gasteiger partial charge in [0.2, 0.25) is 0 Å². The standard InChI is InChI=1S/C18H24NO3P/c1-12-8-15(10-16(22-3)18(12)20)17(23(4,5)21)9-14-7-6-13(2)19-11-14/h6-8,10-11,17,20H,9H2,1-5H3. The van der Waals surface area contributed by atoms with Crippen molar-refractivity contribution >= 4 is 7.14 Å². The Morgan fingerprint density at radius 2 is 1.96 bits per heavy atom. The molecule has 1 unspecified atom stereocenters. The number of rotatable bonds is 5. The quantitative estimate of drug-likeness (QED) is 0.828. The molecule has 1 heterocycles. The highest BCUT2D eigenvalue weighted by molar-refractivity contribution is 7.62. The van der Waals surface area contributed by atoms with Crippen LogP contribution in [0.5, 0.6) is 11.5 Å². The van der Waals surface area contributed by atoms with Gasteiger partial charge in [-0.1, -0.05) is 12.1 Å². The summed E-state index contributed by atoms with van der Waals surface area (Å²) in [7, 11) is -0.883. The molecule has 1 aromatic heterocycles. The van der Waals surface area contributed by atoms with E-state index in [-0.39, 0.29) is 11.4 Å². The normalized spacial score (nSPS) is 12.9. The van der Waals surface area contributed by atoms with Gasteiger partial charge in [0, 0.05) is 17.5 Å². The molecule has 0 fully saturated rings. The first-order chi connectivity index (χ1) is 10.7. The van der Waals surface area contributed by atoms with Crippen LogP contribution < -0.4 is 4.74 Å². The Morgan fingerprint density at radius 3 is 2.48 bits per heavy atom. The van der Waals surface area contributed by atoms with E-state index in [1.807, 2.05) is 38.2 Å². The number of methoxy groups -OCH3 is 1. The van der Waals surface area contributed by atoms with Crippen LogP contribution in [0.2, 0.25) is 0 Å². The van der Waals surface area contributed by atoms with E-state index in [9.17, 15) is 9.67 Å². The lowest BCUT2D eigenvalue weighted by atomic mass is 10.0. The number of aryl methyl sites for hydroxylation is 2. The molecule has 0 spiro atoms. The van der Waals surface area contributed by atoms with Gasteiger partial charge in [-0.3, -0.25) is 4.98 Å². The van der Waals surface area contributed by atoms with Gasteiger partial charge in [0.15, 0.2) is 11.5 Å². The lowest BCUT2D eigenvalue weighted by molar-refractivity contribution is 0.371. The molecule has 1 aromatic carbocycles. The summed E-state index contributed by atoms with van der Waals surface area (Å²) in [6.07, 6.45) is 2.48. The van der Waals surface area contributed by atoms with E-state index >= 15 is 0 Å². The van der Waals surface area contributed by atoms with Gasteiger partial charge < -0.3 is 14.4 Å². The first kappa shape index (κ1) is 17.6. The maximum Gasteiger partial charge on any atom is 0.161 e. The maximum atomic E-state index is 12.9. The fraction of sp³-hybridized carbons (Fsp3) is 0.389. The van der Waals surface area contributed by atoms with Crippen LogP contribution in [-0.4, -0.2) is 30.5 Å². The zero-order valence-electron chi connectivity index (χ0n) is 14.3. The molecule has 1 N–H and O–H groups in total. The van der Waals surface area contributed by atoms with Crippen LogP contribution >= 0.6 is 7.14 Å². The summed E-state index contributed by atoms with van der Waals surface area (Å²) < 4.78 is 18.1. The Kier molecular flexibility index (Phi) is 5.16. The van der Waals surface area contributed by atoms with E-state index in [1.54, 1.807) is 19.4 Å². The van der Waals surface area contributed by atoms with Crippen molar-refractivity contribution in [1.29, 1.82) is 0 Å². The average molecular weight is 333 g/mol. The molecule has 0 bridgehead atoms. The fourth-order valence-corrected chi connectivity index (χ4v) is 4.18. The molecule has 0 saturated heterocycles. The summed E-state index contributed by atoms with van der Waals surface area (Å²) in [5.41, 5.74) is 3.52. The number of benzene rings is 1. The van der Waals surface area contributed by atoms with E-state index in [0.717, 1.165) is 22.4 Å². The Balaban J connectivity index is 2.45. The highest BCUT2D eigenvalue weighted by Gasteiger charge is 2.27. The molecule has 0 saturated carbocycles. The minimum atomic E-state index is -2.41. The molecule has 0 aliphatic heterocycles. The number of ether oxygens (including phenoxy) is 1. The van der Waals surface area contributed by atoms with Gasteiger partial charge in [0.1, 0.15) is 0 Å². The first-order valence-corrected chi connectivity index (χ1v) is 10.2. The molecule has 0 amide bonds. The minimum Gasteiger partial charge on any atom is -0.504 e. The average Bonchev–Trinajstić information content (AvgIpc) is 2.48. The summed E-state index contributed by atoms with van der Waals surface area (Å²) in [6.45, 7) is 7.37. The molecule has 0 aliphatic rings. The molecule has 0 aliphatic carbocycles. The van der Waals surface area contributed by atoms with E-state index in [2.05, 4.69) is 4.98 Å². The minimum absolute atomic E-state index is 0.133. The lowest BCUT2D eigenvalue weighted by Gasteiger charge is -2.23. The third-order valence-corrected chi connectivity index (χ3v) is 6.03. The molecule has 2 aromatic rings. The Hall–Kier alpha value is -1.80. The Labute approximate surface area is 137 Å². The third kappa shape index (κ3) is 4.14. The molecule has 23 heavy (non-hydrogen) atoms. The first-order valence-electron chi connectivity index (χ1n) is 7.56. The van der Waals surface area contributed by atoms with Crippen LogP contribution in [0.3, 0.4) is 0 Å². The van der Waals surface area contributed by atoms with Gasteiger partial charge >= 0.3 is 0 Å². The molecule has 5 heteroatoms. The second-order valence-electron chi connectivity index (χ2n) is 6.35. The van der Waals surface area contributed by atoms with E-state index in [1.165, 1.54) is 7.11 Å². The molecular weight excluding hydrogens is 309 g/mol. The number of hydrogen-bond donors (Lipinski definition) is 1. The third-order valence-electron chi connectivity index (χ3n) is 4.04. The molecular formula is C18H24NO3P. The topological polar surface area (TPSA) is 59.4 Å². The predicted octanol–water partition coefficient (Wildman–Crippen LogP) is 4.32. The summed E-state index contributed by atoms with van der Waals surface area (Å²) in [6, 6.07) is 7.67. The maximum absolute atomic E-state index is 12.9. The van der Waals surface area contributed by atoms with Gasteiger partial charge in [-0.25, -0.2) is 0 Å². The summed E-state index contributed by atoms with van der Waals surface area (Å²) in [5.74, 6) is 0.550. The predicted molar refractivity (Wildman–Crippen MR) is 94.3 cm³/mol. The number of phenols is 1. The number of aromatic hydroxyl groups is 1. The van der Waals surface area contributed by atoms with Crippen molar-refractivity contribution in [3.05, 3.63) is 52.8 Å². The van der Waals surface area contributed by atoms with E-state index in [0.29, 0.717) is 12.2 Å². The highest BCUT2D eigenvalue weighted by Crippen LogP contribution is 2.55. The van der Waals surface area contributed by atoms with Crippen LogP contribution in [0.25, 0.3) is 0 Å². The zero-order chi connectivity index (χ0) is 17.2. The van der Waals surface area contributed by atoms with Crippen LogP contribution in [0.4, 0.5) is 0 Å². The monoisotopic (exact) mass is 333 g/mol. The number of pyridine rings is 1. The van der Waals surface area contributed by atoms with E-state index in [4.69, 9.17) is 4.74 Å². The number of aromatic nitrogens is 1. The largest absolute Gasteiger partial charge is 0.504 e. The van der Waals surface area contributed by atoms with Gasteiger partial charge in [-0.2, -0.15) is 0 Å². The van der Waals surface area contributed by atoms with Crippen LogP contribution in [0.15, 0.2) is 30.5 Å². The Morgan fingerprint density at radius 1 is 1.26 bits per heavy atom. The highest BCUT2D eigenvalue weighted by atomic mass is 31.2. The molecule has 2 rings (SSSR count). The molecule has 124 valence electrons. The van der Waals surface area contributed by atoms with Gasteiger partial charge in [-0.15, -0.1) is 0 Å². The summed E-state index contributed by atoms with van der Waals surface area (Å²) >= 11 is 0. The second-order valence-corrected chi connectivity index (χ2v) is 9.84. The summed E-state index contributed by atoms with van der Waals surface area (Å²) in [4.78, 5) is 4.32. The Bertz CT molecular complexity index is 735. The fourth-order valence-electron chi connectivity index (χ4n) is 2.66. The van der Waals surface area contributed by atoms with Gasteiger partial charge in [0.25, 0.3) is 0 Å². The van der Waals surface area contributed by atoms with Crippen LogP contribution in [0, 0.1) is 13.8 Å². The van der Waals surface area contributed by atoms with Crippen LogP contribution in [-0.2, 0) is 11.0 Å². The van der Waals surface area contributed by atoms with Crippen molar-refractivity contribution in [2.24, 2.45) is 0 Å². The van der Waals surface area contributed by atoms with Crippen LogP contribution in [0.1, 0.15) is 28.0 Å². The van der Waals surface area contributed by atoms with Crippen molar-refractivity contribution in [1.82, 2.24) is 4.98 Å². The van der Waals surface area contributed by atoms with Gasteiger partial charge in [0.05, 0.1) is 14.3 Å². The van der Waals surface area contributed by atoms with Crippen molar-refractivity contribution in [2.75, 3.05) is 20.4 Å². The van der Waals surface area contributed by atoms with E-state index < -0.39 is 7.14 Å². The van der Waals surface area contributed by atoms with Crippen molar-refractivity contribution in [3.8, 4) is 11.5 Å². The molecule has 4 nitrogen and oxygen atoms in total. The summed E-state index contributed by atoms with van der Waals surface area (Å²) in [5, 5.41) is 10.0. The zero-order valence-corrected chi connectivity index (χ0v) is 15.2. The lowest BCUT2D eigenvalue weighted by Crippen LogP contribution is -2.05. The smallest absolute Gasteiger partial charge is 0.161 e. The van der Waals surface area contributed by atoms with Crippen molar-refractivity contribution < 1.29 is 14.4 Å². The number of phenolic OH excluding ortho intramolecular Hbond substituents is 1. The van der Waals surface area contributed by atoms with Gasteiger partial charge in [-0.05, 0) is 62.4 Å². The number of hydrogen-bond acceptors (Lipinski definition) is 4.